The van der Waals surface area contributed by atoms with Crippen molar-refractivity contribution in [1.82, 2.24) is 19.7 Å². The zero-order valence-corrected chi connectivity index (χ0v) is 14.6. The molecule has 25 heavy (non-hydrogen) atoms. The van der Waals surface area contributed by atoms with Crippen molar-refractivity contribution in [2.24, 2.45) is 0 Å². The number of anilines is 1. The van der Waals surface area contributed by atoms with E-state index in [-0.39, 0.29) is 18.9 Å². The fraction of sp³-hybridized carbons (Fsp3) is 0.588. The third-order valence-corrected chi connectivity index (χ3v) is 4.43. The second-order valence-electron chi connectivity index (χ2n) is 6.77. The van der Waals surface area contributed by atoms with E-state index in [0.717, 1.165) is 11.4 Å². The maximum atomic E-state index is 13.3. The van der Waals surface area contributed by atoms with Crippen LogP contribution >= 0.6 is 0 Å². The quantitative estimate of drug-likeness (QED) is 0.884. The van der Waals surface area contributed by atoms with Crippen molar-refractivity contribution in [1.29, 1.82) is 0 Å². The maximum Gasteiger partial charge on any atom is 0.253 e. The molecule has 0 bridgehead atoms. The third kappa shape index (κ3) is 4.12. The molecule has 2 aromatic heterocycles. The maximum absolute atomic E-state index is 13.3. The van der Waals surface area contributed by atoms with Crippen LogP contribution in [0.25, 0.3) is 5.95 Å². The van der Waals surface area contributed by atoms with E-state index >= 15 is 0 Å². The highest BCUT2D eigenvalue weighted by Crippen LogP contribution is 2.34. The van der Waals surface area contributed by atoms with Crippen molar-refractivity contribution in [3.05, 3.63) is 29.2 Å². The Morgan fingerprint density at radius 1 is 1.24 bits per heavy atom. The van der Waals surface area contributed by atoms with Gasteiger partial charge in [-0.25, -0.2) is 18.4 Å². The molecule has 8 heteroatoms. The number of aliphatic hydroxyl groups is 1. The van der Waals surface area contributed by atoms with Gasteiger partial charge in [-0.15, -0.1) is 0 Å². The van der Waals surface area contributed by atoms with Gasteiger partial charge in [-0.3, -0.25) is 0 Å². The highest BCUT2D eigenvalue weighted by molar-refractivity contribution is 5.41. The first-order chi connectivity index (χ1) is 11.7. The third-order valence-electron chi connectivity index (χ3n) is 4.43. The summed E-state index contributed by atoms with van der Waals surface area (Å²) >= 11 is 0. The second-order valence-corrected chi connectivity index (χ2v) is 6.77. The molecule has 0 unspecified atom stereocenters. The average molecular weight is 351 g/mol. The smallest absolute Gasteiger partial charge is 0.253 e. The normalized spacial score (nSPS) is 19.0. The number of alkyl halides is 2. The first kappa shape index (κ1) is 17.7. The molecule has 3 rings (SSSR count). The van der Waals surface area contributed by atoms with Gasteiger partial charge >= 0.3 is 0 Å². The van der Waals surface area contributed by atoms with E-state index in [9.17, 15) is 13.9 Å². The van der Waals surface area contributed by atoms with Gasteiger partial charge in [0.25, 0.3) is 5.95 Å². The van der Waals surface area contributed by atoms with Gasteiger partial charge in [0.1, 0.15) is 5.82 Å². The molecule has 2 aromatic rings. The Balaban J connectivity index is 1.87. The topological polar surface area (TPSA) is 75.9 Å². The molecule has 1 fully saturated rings. The van der Waals surface area contributed by atoms with Gasteiger partial charge in [0, 0.05) is 30.6 Å². The first-order valence-corrected chi connectivity index (χ1v) is 8.48. The molecular weight excluding hydrogens is 328 g/mol. The molecule has 2 heterocycles. The number of aromatic nitrogens is 4. The lowest BCUT2D eigenvalue weighted by atomic mass is 9.92. The molecule has 2 N–H and O–H groups in total. The van der Waals surface area contributed by atoms with Crippen molar-refractivity contribution in [3.8, 4) is 5.95 Å². The lowest BCUT2D eigenvalue weighted by Crippen LogP contribution is -2.32. The van der Waals surface area contributed by atoms with Crippen LogP contribution in [0.3, 0.4) is 0 Å². The molecule has 1 saturated carbocycles. The van der Waals surface area contributed by atoms with Crippen LogP contribution in [0.15, 0.2) is 12.1 Å². The second kappa shape index (κ2) is 6.67. The number of nitrogens with one attached hydrogen (secondary N) is 1. The minimum absolute atomic E-state index is 0.0651. The fourth-order valence-electron chi connectivity index (χ4n) is 3.06. The van der Waals surface area contributed by atoms with Crippen LogP contribution in [0.5, 0.6) is 0 Å². The molecule has 0 aliphatic heterocycles. The Morgan fingerprint density at radius 3 is 2.48 bits per heavy atom. The summed E-state index contributed by atoms with van der Waals surface area (Å²) < 4.78 is 28.3. The number of rotatable bonds is 4. The van der Waals surface area contributed by atoms with Gasteiger partial charge in [-0.05, 0) is 39.7 Å². The van der Waals surface area contributed by atoms with Gasteiger partial charge < -0.3 is 10.4 Å². The predicted octanol–water partition coefficient (Wildman–Crippen LogP) is 3.32. The van der Waals surface area contributed by atoms with E-state index in [1.165, 1.54) is 0 Å². The fourth-order valence-corrected chi connectivity index (χ4v) is 3.06. The standard InChI is InChI=1S/C17H23F2N5O/c1-10-8-11(2)24(23-10)16-21-14(12(3)25)9-15(22-16)20-13-4-6-17(18,19)7-5-13/h8-9,12-13,25H,4-7H2,1-3H3,(H,20,21,22)/t12-/m1/s1. The van der Waals surface area contributed by atoms with E-state index in [4.69, 9.17) is 0 Å². The summed E-state index contributed by atoms with van der Waals surface area (Å²) in [5, 5.41) is 17.5. The van der Waals surface area contributed by atoms with Gasteiger partial charge in [0.05, 0.1) is 17.5 Å². The molecule has 1 atom stereocenters. The SMILES string of the molecule is Cc1cc(C)n(-c2nc(NC3CCC(F)(F)CC3)cc([C@@H](C)O)n2)n1. The van der Waals surface area contributed by atoms with Crippen molar-refractivity contribution in [3.63, 3.8) is 0 Å². The van der Waals surface area contributed by atoms with Crippen LogP contribution in [-0.2, 0) is 0 Å². The van der Waals surface area contributed by atoms with Crippen LogP contribution in [0, 0.1) is 13.8 Å². The van der Waals surface area contributed by atoms with Crippen molar-refractivity contribution in [2.45, 2.75) is 64.5 Å². The lowest BCUT2D eigenvalue weighted by Gasteiger charge is -2.29. The van der Waals surface area contributed by atoms with Crippen LogP contribution in [0.2, 0.25) is 0 Å². The predicted molar refractivity (Wildman–Crippen MR) is 90.1 cm³/mol. The largest absolute Gasteiger partial charge is 0.387 e. The molecular formula is C17H23F2N5O. The monoisotopic (exact) mass is 351 g/mol. The molecule has 6 nitrogen and oxygen atoms in total. The summed E-state index contributed by atoms with van der Waals surface area (Å²) in [6.45, 7) is 5.40. The van der Waals surface area contributed by atoms with Gasteiger partial charge in [-0.1, -0.05) is 0 Å². The van der Waals surface area contributed by atoms with Crippen LogP contribution < -0.4 is 5.32 Å². The Labute approximate surface area is 145 Å². The van der Waals surface area contributed by atoms with Gasteiger partial charge in [0.2, 0.25) is 5.92 Å². The molecule has 0 saturated heterocycles. The zero-order valence-electron chi connectivity index (χ0n) is 14.6. The molecule has 1 aliphatic rings. The number of aliphatic hydroxyl groups excluding tert-OH is 1. The number of aryl methyl sites for hydroxylation is 2. The Bertz CT molecular complexity index is 749. The van der Waals surface area contributed by atoms with E-state index in [0.29, 0.717) is 30.3 Å². The Morgan fingerprint density at radius 2 is 1.92 bits per heavy atom. The highest BCUT2D eigenvalue weighted by Gasteiger charge is 2.35. The van der Waals surface area contributed by atoms with Gasteiger partial charge in [-0.2, -0.15) is 10.1 Å². The Kier molecular flexibility index (Phi) is 4.73. The lowest BCUT2D eigenvalue weighted by molar-refractivity contribution is -0.0361. The minimum Gasteiger partial charge on any atom is -0.387 e. The van der Waals surface area contributed by atoms with Crippen LogP contribution in [0.4, 0.5) is 14.6 Å². The average Bonchev–Trinajstić information content (AvgIpc) is 2.88. The molecule has 0 radical (unpaired) electrons. The highest BCUT2D eigenvalue weighted by atomic mass is 19.3. The van der Waals surface area contributed by atoms with E-state index in [1.807, 2.05) is 19.9 Å². The zero-order chi connectivity index (χ0) is 18.2. The molecule has 1 aliphatic carbocycles. The summed E-state index contributed by atoms with van der Waals surface area (Å²) in [6, 6.07) is 3.51. The number of halogens is 2. The molecule has 0 spiro atoms. The minimum atomic E-state index is -2.57. The summed E-state index contributed by atoms with van der Waals surface area (Å²) in [5.74, 6) is -1.69. The van der Waals surface area contributed by atoms with Crippen molar-refractivity contribution >= 4 is 5.82 Å². The molecule has 0 aromatic carbocycles. The Hall–Kier alpha value is -2.09. The van der Waals surface area contributed by atoms with Crippen molar-refractivity contribution < 1.29 is 13.9 Å². The van der Waals surface area contributed by atoms with E-state index in [2.05, 4.69) is 20.4 Å². The summed E-state index contributed by atoms with van der Waals surface area (Å²) in [4.78, 5) is 8.84. The van der Waals surface area contributed by atoms with Crippen molar-refractivity contribution in [2.75, 3.05) is 5.32 Å². The van der Waals surface area contributed by atoms with E-state index in [1.54, 1.807) is 17.7 Å². The first-order valence-electron chi connectivity index (χ1n) is 8.48. The van der Waals surface area contributed by atoms with E-state index < -0.39 is 12.0 Å². The summed E-state index contributed by atoms with van der Waals surface area (Å²) in [7, 11) is 0. The van der Waals surface area contributed by atoms with Crippen LogP contribution in [-0.4, -0.2) is 36.8 Å². The summed E-state index contributed by atoms with van der Waals surface area (Å²) in [5.41, 5.74) is 2.18. The molecule has 0 amide bonds. The van der Waals surface area contributed by atoms with Gasteiger partial charge in [0.15, 0.2) is 0 Å². The molecule has 136 valence electrons. The van der Waals surface area contributed by atoms with Crippen LogP contribution in [0.1, 0.15) is 55.8 Å². The summed E-state index contributed by atoms with van der Waals surface area (Å²) in [6.07, 6.45) is -0.242. The number of hydrogen-bond acceptors (Lipinski definition) is 5. The number of hydrogen-bond donors (Lipinski definition) is 2. The number of nitrogens with zero attached hydrogens (tertiary/aromatic N) is 4.